The lowest BCUT2D eigenvalue weighted by atomic mass is 10.1. The van der Waals surface area contributed by atoms with Crippen LogP contribution in [0.3, 0.4) is 0 Å². The Labute approximate surface area is 171 Å². The van der Waals surface area contributed by atoms with Gasteiger partial charge in [-0.15, -0.1) is 11.3 Å². The number of hydrogen-bond donors (Lipinski definition) is 2. The Morgan fingerprint density at radius 2 is 2.27 bits per heavy atom. The molecule has 0 aliphatic carbocycles. The summed E-state index contributed by atoms with van der Waals surface area (Å²) in [4.78, 5) is 13.5. The van der Waals surface area contributed by atoms with E-state index in [1.54, 1.807) is 12.1 Å². The summed E-state index contributed by atoms with van der Waals surface area (Å²) in [5.41, 5.74) is 0.109. The standard InChI is InChI=1S/C15H14BrClFN3O3S2/c1-21-12(15(22)19-8-2-3-10(18)9(17)6-8)7-11(20-26(21,23)24)13-4-5-14(16)25-13/h2-6,11-12,20H,7H2,1H3,(H,19,22)/i1D3. The Kier molecular flexibility index (Phi) is 4.62. The number of benzene rings is 1. The maximum absolute atomic E-state index is 13.3. The van der Waals surface area contributed by atoms with E-state index in [1.807, 2.05) is 0 Å². The number of amides is 1. The summed E-state index contributed by atoms with van der Waals surface area (Å²) in [6.07, 6.45) is -0.120. The number of halogens is 3. The topological polar surface area (TPSA) is 78.5 Å². The summed E-state index contributed by atoms with van der Waals surface area (Å²) < 4.78 is 64.8. The highest BCUT2D eigenvalue weighted by molar-refractivity contribution is 9.11. The molecule has 6 nitrogen and oxygen atoms in total. The van der Waals surface area contributed by atoms with Gasteiger partial charge in [0.15, 0.2) is 0 Å². The number of carbonyl (C=O) groups is 1. The van der Waals surface area contributed by atoms with Gasteiger partial charge in [0, 0.05) is 21.7 Å². The van der Waals surface area contributed by atoms with Crippen LogP contribution >= 0.6 is 38.9 Å². The molecule has 3 rings (SSSR count). The highest BCUT2D eigenvalue weighted by Gasteiger charge is 2.41. The van der Waals surface area contributed by atoms with Crippen LogP contribution in [-0.4, -0.2) is 31.6 Å². The zero-order chi connectivity index (χ0) is 21.6. The fourth-order valence-electron chi connectivity index (χ4n) is 2.47. The molecule has 26 heavy (non-hydrogen) atoms. The summed E-state index contributed by atoms with van der Waals surface area (Å²) in [5.74, 6) is -1.56. The average Bonchev–Trinajstić information content (AvgIpc) is 3.02. The van der Waals surface area contributed by atoms with E-state index in [2.05, 4.69) is 26.0 Å². The molecule has 1 aliphatic rings. The van der Waals surface area contributed by atoms with Gasteiger partial charge in [-0.3, -0.25) is 4.79 Å². The third-order valence-electron chi connectivity index (χ3n) is 3.72. The Morgan fingerprint density at radius 3 is 2.88 bits per heavy atom. The van der Waals surface area contributed by atoms with Crippen molar-refractivity contribution in [1.82, 2.24) is 9.03 Å². The summed E-state index contributed by atoms with van der Waals surface area (Å²) in [5, 5.41) is 2.18. The van der Waals surface area contributed by atoms with Crippen LogP contribution in [0.1, 0.15) is 21.5 Å². The fraction of sp³-hybridized carbons (Fsp3) is 0.267. The lowest BCUT2D eigenvalue weighted by molar-refractivity contribution is -0.120. The maximum Gasteiger partial charge on any atom is 0.280 e. The third kappa shape index (κ3) is 4.10. The number of nitrogens with one attached hydrogen (secondary N) is 2. The molecule has 2 atom stereocenters. The number of hydrogen-bond acceptors (Lipinski definition) is 4. The van der Waals surface area contributed by atoms with Crippen molar-refractivity contribution in [2.75, 3.05) is 12.3 Å². The second kappa shape index (κ2) is 7.53. The normalized spacial score (nSPS) is 25.1. The first kappa shape index (κ1) is 16.0. The smallest absolute Gasteiger partial charge is 0.280 e. The van der Waals surface area contributed by atoms with Crippen molar-refractivity contribution in [2.45, 2.75) is 18.5 Å². The lowest BCUT2D eigenvalue weighted by Crippen LogP contribution is -2.55. The van der Waals surface area contributed by atoms with E-state index < -0.39 is 41.0 Å². The van der Waals surface area contributed by atoms with Gasteiger partial charge in [0.05, 0.1) is 14.9 Å². The Hall–Kier alpha value is -1.04. The van der Waals surface area contributed by atoms with Crippen molar-refractivity contribution in [2.24, 2.45) is 0 Å². The van der Waals surface area contributed by atoms with Crippen LogP contribution in [0.4, 0.5) is 10.1 Å². The molecule has 2 heterocycles. The largest absolute Gasteiger partial charge is 0.325 e. The van der Waals surface area contributed by atoms with E-state index in [1.165, 1.54) is 17.4 Å². The zero-order valence-corrected chi connectivity index (χ0v) is 16.8. The SMILES string of the molecule is [2H]C([2H])([2H])N1C(C(=O)Nc2ccc(F)c(Cl)c2)CC(c2ccc(Br)s2)NS1(=O)=O. The molecule has 0 bridgehead atoms. The van der Waals surface area contributed by atoms with Gasteiger partial charge in [-0.2, -0.15) is 17.4 Å². The molecular formula is C15H14BrClFN3O3S2. The predicted molar refractivity (Wildman–Crippen MR) is 103 cm³/mol. The summed E-state index contributed by atoms with van der Waals surface area (Å²) in [7, 11) is -4.51. The predicted octanol–water partition coefficient (Wildman–Crippen LogP) is 3.52. The first-order chi connectivity index (χ1) is 13.4. The number of carbonyl (C=O) groups excluding carboxylic acids is 1. The van der Waals surface area contributed by atoms with Crippen molar-refractivity contribution in [1.29, 1.82) is 0 Å². The molecule has 1 fully saturated rings. The molecule has 2 unspecified atom stereocenters. The minimum absolute atomic E-state index is 0.109. The van der Waals surface area contributed by atoms with Crippen LogP contribution in [0, 0.1) is 5.82 Å². The van der Waals surface area contributed by atoms with Gasteiger partial charge in [-0.05, 0) is 52.7 Å². The highest BCUT2D eigenvalue weighted by atomic mass is 79.9. The summed E-state index contributed by atoms with van der Waals surface area (Å²) in [6.45, 7) is -3.09. The van der Waals surface area contributed by atoms with Crippen molar-refractivity contribution in [3.05, 3.63) is 49.8 Å². The van der Waals surface area contributed by atoms with E-state index in [0.717, 1.165) is 15.9 Å². The van der Waals surface area contributed by atoms with Gasteiger partial charge in [0.25, 0.3) is 10.2 Å². The van der Waals surface area contributed by atoms with Crippen LogP contribution in [0.15, 0.2) is 34.1 Å². The Morgan fingerprint density at radius 1 is 1.50 bits per heavy atom. The quantitative estimate of drug-likeness (QED) is 0.698. The first-order valence-electron chi connectivity index (χ1n) is 8.71. The number of likely N-dealkylation sites (N-methyl/N-ethyl adjacent to an activating group) is 1. The molecule has 0 saturated carbocycles. The number of thiophene rings is 1. The minimum Gasteiger partial charge on any atom is -0.325 e. The van der Waals surface area contributed by atoms with Crippen molar-refractivity contribution in [3.8, 4) is 0 Å². The van der Waals surface area contributed by atoms with E-state index in [4.69, 9.17) is 15.7 Å². The highest BCUT2D eigenvalue weighted by Crippen LogP contribution is 2.34. The van der Waals surface area contributed by atoms with Gasteiger partial charge in [0.2, 0.25) is 5.91 Å². The van der Waals surface area contributed by atoms with Crippen molar-refractivity contribution < 1.29 is 21.7 Å². The van der Waals surface area contributed by atoms with E-state index >= 15 is 0 Å². The fourth-order valence-corrected chi connectivity index (χ4v) is 5.43. The average molecular weight is 486 g/mol. The molecule has 1 saturated heterocycles. The Balaban J connectivity index is 1.95. The molecule has 11 heteroatoms. The molecule has 1 aromatic carbocycles. The molecule has 1 amide bonds. The maximum atomic E-state index is 13.3. The molecule has 2 aromatic rings. The minimum atomic E-state index is -4.51. The van der Waals surface area contributed by atoms with Crippen LogP contribution in [-0.2, 0) is 15.0 Å². The second-order valence-corrected chi connectivity index (χ2v) is 9.96. The molecule has 2 N–H and O–H groups in total. The zero-order valence-electron chi connectivity index (χ0n) is 15.9. The second-order valence-electron chi connectivity index (χ2n) is 5.48. The van der Waals surface area contributed by atoms with Gasteiger partial charge in [0.1, 0.15) is 11.9 Å². The number of rotatable bonds is 3. The summed E-state index contributed by atoms with van der Waals surface area (Å²) >= 11 is 10.3. The Bertz CT molecular complexity index is 1050. The molecule has 1 aliphatic heterocycles. The summed E-state index contributed by atoms with van der Waals surface area (Å²) in [6, 6.07) is 4.51. The monoisotopic (exact) mass is 484 g/mol. The molecular weight excluding hydrogens is 469 g/mol. The van der Waals surface area contributed by atoms with Crippen LogP contribution < -0.4 is 10.0 Å². The van der Waals surface area contributed by atoms with Gasteiger partial charge < -0.3 is 5.32 Å². The van der Waals surface area contributed by atoms with Crippen molar-refractivity contribution in [3.63, 3.8) is 0 Å². The van der Waals surface area contributed by atoms with Gasteiger partial charge in [-0.25, -0.2) is 4.39 Å². The molecule has 140 valence electrons. The van der Waals surface area contributed by atoms with Gasteiger partial charge in [-0.1, -0.05) is 11.6 Å². The van der Waals surface area contributed by atoms with Gasteiger partial charge >= 0.3 is 0 Å². The number of anilines is 1. The van der Waals surface area contributed by atoms with E-state index in [0.29, 0.717) is 4.88 Å². The van der Waals surface area contributed by atoms with Crippen LogP contribution in [0.25, 0.3) is 0 Å². The molecule has 0 spiro atoms. The molecule has 1 aromatic heterocycles. The third-order valence-corrected chi connectivity index (χ3v) is 7.10. The van der Waals surface area contributed by atoms with E-state index in [-0.39, 0.29) is 21.4 Å². The first-order valence-corrected chi connectivity index (χ1v) is 10.6. The van der Waals surface area contributed by atoms with E-state index in [9.17, 15) is 17.6 Å². The lowest BCUT2D eigenvalue weighted by Gasteiger charge is -2.35. The molecule has 0 radical (unpaired) electrons. The van der Waals surface area contributed by atoms with Crippen LogP contribution in [0.2, 0.25) is 5.02 Å². The van der Waals surface area contributed by atoms with Crippen molar-refractivity contribution >= 4 is 60.7 Å². The number of nitrogens with zero attached hydrogens (tertiary/aromatic N) is 1. The van der Waals surface area contributed by atoms with Crippen LogP contribution in [0.5, 0.6) is 0 Å².